The van der Waals surface area contributed by atoms with Crippen molar-refractivity contribution in [3.05, 3.63) is 35.1 Å². The molecule has 0 bridgehead atoms. The van der Waals surface area contributed by atoms with Crippen LogP contribution < -0.4 is 0 Å². The van der Waals surface area contributed by atoms with Crippen molar-refractivity contribution in [1.82, 2.24) is 0 Å². The maximum atomic E-state index is 13.1. The van der Waals surface area contributed by atoms with Crippen molar-refractivity contribution in [3.8, 4) is 11.2 Å². The summed E-state index contributed by atoms with van der Waals surface area (Å²) in [7, 11) is -1.11. The Balaban J connectivity index is 3.15. The normalized spacial score (nSPS) is 11.9. The Kier molecular flexibility index (Phi) is 3.35. The second-order valence-electron chi connectivity index (χ2n) is 3.81. The topological polar surface area (TPSA) is 0 Å². The molecule has 0 nitrogen and oxygen atoms in total. The van der Waals surface area contributed by atoms with Crippen LogP contribution in [-0.4, -0.2) is 18.8 Å². The highest BCUT2D eigenvalue weighted by Crippen LogP contribution is 2.32. The third kappa shape index (κ3) is 3.52. The molecule has 0 aliphatic rings. The Bertz CT molecular complexity index is 436. The summed E-state index contributed by atoms with van der Waals surface area (Å²) in [5.74, 6) is -0.575. The Morgan fingerprint density at radius 1 is 0.933 bits per heavy atom. The molecule has 1 aromatic carbocycles. The van der Waals surface area contributed by atoms with Crippen molar-refractivity contribution in [2.45, 2.75) is 0 Å². The quantitative estimate of drug-likeness (QED) is 0.476. The first-order valence-corrected chi connectivity index (χ1v) is 7.01. The van der Waals surface area contributed by atoms with Crippen LogP contribution in [0.3, 0.4) is 0 Å². The zero-order chi connectivity index (χ0) is 11.6. The third-order valence-corrected chi connectivity index (χ3v) is 2.22. The molecule has 0 atom stereocenters. The number of rotatable bonds is 0. The minimum atomic E-state index is -1.19. The number of benzene rings is 1. The summed E-state index contributed by atoms with van der Waals surface area (Å²) >= 11 is 0. The van der Waals surface area contributed by atoms with E-state index in [0.717, 1.165) is 6.07 Å². The summed E-state index contributed by atoms with van der Waals surface area (Å²) in [6.45, 7) is 0. The van der Waals surface area contributed by atoms with Gasteiger partial charge in [0.1, 0.15) is 5.82 Å². The van der Waals surface area contributed by atoms with Gasteiger partial charge in [0.2, 0.25) is 0 Å². The van der Waals surface area contributed by atoms with Crippen molar-refractivity contribution in [2.75, 3.05) is 18.8 Å². The lowest BCUT2D eigenvalue weighted by Crippen LogP contribution is -1.92. The van der Waals surface area contributed by atoms with Crippen LogP contribution in [0.4, 0.5) is 13.2 Å². The molecule has 0 saturated carbocycles. The van der Waals surface area contributed by atoms with Gasteiger partial charge in [-0.2, -0.15) is 10.0 Å². The van der Waals surface area contributed by atoms with Crippen LogP contribution in [0.15, 0.2) is 12.1 Å². The average Bonchev–Trinajstić information content (AvgIpc) is 2.07. The van der Waals surface area contributed by atoms with Gasteiger partial charge in [-0.25, -0.2) is 13.2 Å². The standard InChI is InChI=1S/C11H11F3S/c1-15(2,3)5-4-8-6-10(13)11(14)7-9(8)12/h6-7H,1-3H3. The van der Waals surface area contributed by atoms with E-state index in [1.807, 2.05) is 18.8 Å². The van der Waals surface area contributed by atoms with Gasteiger partial charge in [-0.15, -0.1) is 0 Å². The number of hydrogen-bond donors (Lipinski definition) is 0. The molecule has 0 aliphatic carbocycles. The molecule has 4 heteroatoms. The maximum absolute atomic E-state index is 13.1. The highest BCUT2D eigenvalue weighted by Gasteiger charge is 2.08. The summed E-state index contributed by atoms with van der Waals surface area (Å²) in [5.41, 5.74) is -0.101. The maximum Gasteiger partial charge on any atom is 0.161 e. The minimum absolute atomic E-state index is 0.101. The van der Waals surface area contributed by atoms with Crippen LogP contribution in [0.2, 0.25) is 0 Å². The van der Waals surface area contributed by atoms with Gasteiger partial charge in [0.15, 0.2) is 11.6 Å². The van der Waals surface area contributed by atoms with E-state index >= 15 is 0 Å². The molecule has 0 heterocycles. The highest BCUT2D eigenvalue weighted by molar-refractivity contribution is 8.35. The third-order valence-electron chi connectivity index (χ3n) is 1.50. The Morgan fingerprint density at radius 2 is 1.47 bits per heavy atom. The molecule has 0 unspecified atom stereocenters. The van der Waals surface area contributed by atoms with Gasteiger partial charge in [-0.05, 0) is 30.1 Å². The zero-order valence-electron chi connectivity index (χ0n) is 8.70. The largest absolute Gasteiger partial charge is 0.206 e. The Labute approximate surface area is 88.8 Å². The molecule has 0 radical (unpaired) electrons. The molecule has 0 aromatic heterocycles. The molecular weight excluding hydrogens is 221 g/mol. The van der Waals surface area contributed by atoms with E-state index in [9.17, 15) is 13.2 Å². The zero-order valence-corrected chi connectivity index (χ0v) is 9.51. The van der Waals surface area contributed by atoms with E-state index in [1.54, 1.807) is 0 Å². The summed E-state index contributed by atoms with van der Waals surface area (Å²) in [6, 6.07) is 1.29. The van der Waals surface area contributed by atoms with Crippen molar-refractivity contribution in [1.29, 1.82) is 0 Å². The van der Waals surface area contributed by atoms with Crippen LogP contribution in [0.5, 0.6) is 0 Å². The molecule has 1 aromatic rings. The first-order valence-electron chi connectivity index (χ1n) is 4.15. The first kappa shape index (κ1) is 12.0. The van der Waals surface area contributed by atoms with Crippen LogP contribution >= 0.6 is 10.0 Å². The summed E-state index contributed by atoms with van der Waals surface area (Å²) in [6.07, 6.45) is 5.79. The molecule has 0 aliphatic heterocycles. The predicted molar refractivity (Wildman–Crippen MR) is 58.6 cm³/mol. The van der Waals surface area contributed by atoms with Crippen LogP contribution in [0.25, 0.3) is 0 Å². The van der Waals surface area contributed by atoms with Gasteiger partial charge in [0.25, 0.3) is 0 Å². The fourth-order valence-electron chi connectivity index (χ4n) is 0.826. The number of hydrogen-bond acceptors (Lipinski definition) is 0. The molecule has 0 amide bonds. The number of halogens is 3. The molecule has 0 N–H and O–H groups in total. The fraction of sp³-hybridized carbons (Fsp3) is 0.273. The highest BCUT2D eigenvalue weighted by atomic mass is 32.3. The van der Waals surface area contributed by atoms with Crippen molar-refractivity contribution in [3.63, 3.8) is 0 Å². The van der Waals surface area contributed by atoms with E-state index in [0.29, 0.717) is 6.07 Å². The van der Waals surface area contributed by atoms with Gasteiger partial charge in [0, 0.05) is 6.07 Å². The molecule has 0 saturated heterocycles. The van der Waals surface area contributed by atoms with Crippen LogP contribution in [0, 0.1) is 28.6 Å². The fourth-order valence-corrected chi connectivity index (χ4v) is 1.24. The average molecular weight is 232 g/mol. The molecule has 15 heavy (non-hydrogen) atoms. The summed E-state index contributed by atoms with van der Waals surface area (Å²) in [5, 5.41) is 2.83. The molecule has 1 rings (SSSR count). The second kappa shape index (κ2) is 4.19. The molecular formula is C11H11F3S. The van der Waals surface area contributed by atoms with Gasteiger partial charge in [0.05, 0.1) is 5.56 Å². The van der Waals surface area contributed by atoms with Crippen molar-refractivity contribution < 1.29 is 13.2 Å². The molecule has 0 fully saturated rings. The van der Waals surface area contributed by atoms with Crippen LogP contribution in [0.1, 0.15) is 5.56 Å². The lowest BCUT2D eigenvalue weighted by molar-refractivity contribution is 0.494. The van der Waals surface area contributed by atoms with E-state index < -0.39 is 27.5 Å². The lowest BCUT2D eigenvalue weighted by Gasteiger charge is -2.14. The van der Waals surface area contributed by atoms with Crippen molar-refractivity contribution >= 4 is 10.0 Å². The smallest absolute Gasteiger partial charge is 0.161 e. The first-order chi connectivity index (χ1) is 6.79. The lowest BCUT2D eigenvalue weighted by atomic mass is 10.2. The summed E-state index contributed by atoms with van der Waals surface area (Å²) < 4.78 is 38.5. The monoisotopic (exact) mass is 232 g/mol. The van der Waals surface area contributed by atoms with Gasteiger partial charge < -0.3 is 0 Å². The van der Waals surface area contributed by atoms with E-state index in [2.05, 4.69) is 11.2 Å². The van der Waals surface area contributed by atoms with E-state index in [4.69, 9.17) is 0 Å². The Hall–Kier alpha value is -1.08. The van der Waals surface area contributed by atoms with Gasteiger partial charge >= 0.3 is 0 Å². The van der Waals surface area contributed by atoms with E-state index in [1.165, 1.54) is 0 Å². The van der Waals surface area contributed by atoms with Gasteiger partial charge in [-0.3, -0.25) is 0 Å². The van der Waals surface area contributed by atoms with E-state index in [-0.39, 0.29) is 5.56 Å². The van der Waals surface area contributed by atoms with Gasteiger partial charge in [-0.1, -0.05) is 5.92 Å². The van der Waals surface area contributed by atoms with Crippen LogP contribution in [-0.2, 0) is 0 Å². The molecule has 82 valence electrons. The Morgan fingerprint density at radius 3 is 2.00 bits per heavy atom. The SMILES string of the molecule is CS(C)(C)C#Cc1cc(F)c(F)cc1F. The predicted octanol–water partition coefficient (Wildman–Crippen LogP) is 3.11. The molecule has 0 spiro atoms. The minimum Gasteiger partial charge on any atom is -0.206 e. The second-order valence-corrected chi connectivity index (χ2v) is 7.69. The summed E-state index contributed by atoms with van der Waals surface area (Å²) in [4.78, 5) is 0. The van der Waals surface area contributed by atoms with Crippen molar-refractivity contribution in [2.24, 2.45) is 0 Å².